The van der Waals surface area contributed by atoms with Crippen molar-refractivity contribution in [2.75, 3.05) is 12.4 Å². The van der Waals surface area contributed by atoms with Crippen molar-refractivity contribution in [2.45, 2.75) is 28.7 Å². The lowest BCUT2D eigenvalue weighted by Crippen LogP contribution is -1.87. The highest BCUT2D eigenvalue weighted by atomic mass is 35.5. The fourth-order valence-electron chi connectivity index (χ4n) is 1.18. The van der Waals surface area contributed by atoms with Gasteiger partial charge in [0.2, 0.25) is 0 Å². The van der Waals surface area contributed by atoms with Gasteiger partial charge in [0.1, 0.15) is 0 Å². The van der Waals surface area contributed by atoms with Gasteiger partial charge in [0.15, 0.2) is 0 Å². The first-order valence-corrected chi connectivity index (χ1v) is 7.84. The molecule has 2 rings (SSSR count). The number of hydrogen-bond acceptors (Lipinski definition) is 2. The molecule has 25 heavy (non-hydrogen) atoms. The van der Waals surface area contributed by atoms with E-state index in [9.17, 15) is 0 Å². The van der Waals surface area contributed by atoms with E-state index in [0.717, 1.165) is 12.4 Å². The molecule has 2 aromatic rings. The summed E-state index contributed by atoms with van der Waals surface area (Å²) in [4.78, 5) is 0. The van der Waals surface area contributed by atoms with Gasteiger partial charge >= 0.3 is 0 Å². The molecule has 2 aromatic carbocycles. The Kier molecular flexibility index (Phi) is 41.4. The number of rotatable bonds is 2. The van der Waals surface area contributed by atoms with Crippen LogP contribution < -0.4 is 11.9 Å². The average Bonchev–Trinajstić information content (AvgIpc) is 2.58. The predicted octanol–water partition coefficient (Wildman–Crippen LogP) is 7.30. The van der Waals surface area contributed by atoms with Crippen molar-refractivity contribution in [3.8, 4) is 0 Å². The minimum absolute atomic E-state index is 0. The number of alkyl halides is 1. The molecule has 0 saturated carbocycles. The minimum atomic E-state index is 0. The molecule has 0 aromatic heterocycles. The fourth-order valence-corrected chi connectivity index (χ4v) is 1.18. The van der Waals surface area contributed by atoms with E-state index in [-0.39, 0.29) is 21.0 Å². The van der Waals surface area contributed by atoms with Crippen LogP contribution in [0.4, 0.5) is 0 Å². The van der Waals surface area contributed by atoms with Gasteiger partial charge in [-0.3, -0.25) is 0 Å². The number of benzene rings is 2. The Morgan fingerprint density at radius 2 is 1.00 bits per heavy atom. The molecular weight excluding hydrogens is 328 g/mol. The first-order chi connectivity index (χ1) is 10.7. The quantitative estimate of drug-likeness (QED) is 0.547. The third kappa shape index (κ3) is 27.3. The predicted molar refractivity (Wildman–Crippen MR) is 123 cm³/mol. The van der Waals surface area contributed by atoms with Crippen molar-refractivity contribution in [3.05, 3.63) is 84.9 Å². The zero-order valence-electron chi connectivity index (χ0n) is 14.4. The Bertz CT molecular complexity index is 410. The van der Waals surface area contributed by atoms with E-state index in [1.54, 1.807) is 0 Å². The third-order valence-corrected chi connectivity index (χ3v) is 2.07. The van der Waals surface area contributed by atoms with Crippen molar-refractivity contribution in [3.63, 3.8) is 0 Å². The van der Waals surface area contributed by atoms with Gasteiger partial charge < -0.3 is 11.9 Å². The lowest BCUT2D eigenvalue weighted by molar-refractivity contribution is 1.14. The molecule has 0 aliphatic heterocycles. The van der Waals surface area contributed by atoms with E-state index in [0.29, 0.717) is 0 Å². The molecule has 0 atom stereocenters. The van der Waals surface area contributed by atoms with Crippen molar-refractivity contribution in [2.24, 2.45) is 5.73 Å². The van der Waals surface area contributed by atoms with Crippen LogP contribution in [0.15, 0.2) is 73.8 Å². The summed E-state index contributed by atoms with van der Waals surface area (Å²) >= 11 is 5.00. The van der Waals surface area contributed by atoms with E-state index in [1.165, 1.54) is 11.1 Å². The summed E-state index contributed by atoms with van der Waals surface area (Å²) in [5, 5.41) is 0. The Morgan fingerprint density at radius 1 is 0.800 bits per heavy atom. The number of halogens is 1. The standard InChI is InChI=1S/2C8H8.C2H5Cl.C2H7N.2CH4.H3N/c2*1-2-8-6-4-3-5-7-8;2*1-2-3;;;/h2*2-7H,1H2;2H2,1H3;2-3H2,1H3;2*1H4;1H3. The molecule has 0 unspecified atom stereocenters. The summed E-state index contributed by atoms with van der Waals surface area (Å²) in [6.07, 6.45) is 3.67. The van der Waals surface area contributed by atoms with Crippen LogP contribution in [-0.4, -0.2) is 12.4 Å². The fraction of sp³-hybridized carbons (Fsp3) is 0.273. The molecule has 2 nitrogen and oxygen atoms in total. The maximum absolute atomic E-state index is 5.00. The zero-order valence-corrected chi connectivity index (χ0v) is 15.2. The average molecular weight is 367 g/mol. The van der Waals surface area contributed by atoms with E-state index < -0.39 is 0 Å². The third-order valence-electron chi connectivity index (χ3n) is 2.07. The van der Waals surface area contributed by atoms with Gasteiger partial charge in [-0.15, -0.1) is 11.6 Å². The van der Waals surface area contributed by atoms with Crippen LogP contribution in [-0.2, 0) is 0 Å². The summed E-state index contributed by atoms with van der Waals surface area (Å²) in [7, 11) is 0. The normalized spacial score (nSPS) is 6.88. The Hall–Kier alpha value is -1.87. The molecule has 0 fully saturated rings. The number of nitrogens with two attached hydrogens (primary N) is 1. The zero-order chi connectivity index (χ0) is 17.1. The van der Waals surface area contributed by atoms with E-state index in [2.05, 4.69) is 13.2 Å². The molecule has 5 N–H and O–H groups in total. The second-order valence-corrected chi connectivity index (χ2v) is 4.44. The molecular formula is C22H39ClN2. The molecule has 0 saturated heterocycles. The smallest absolute Gasteiger partial charge is 0.0195 e. The first kappa shape index (κ1) is 34.5. The van der Waals surface area contributed by atoms with Crippen LogP contribution in [0.2, 0.25) is 0 Å². The summed E-state index contributed by atoms with van der Waals surface area (Å²) in [6, 6.07) is 20.1. The minimum Gasteiger partial charge on any atom is -0.344 e. The summed E-state index contributed by atoms with van der Waals surface area (Å²) in [5.74, 6) is 0.722. The lowest BCUT2D eigenvalue weighted by atomic mass is 10.2. The molecule has 3 heteroatoms. The molecule has 0 amide bonds. The topological polar surface area (TPSA) is 61.0 Å². The van der Waals surface area contributed by atoms with Crippen LogP contribution in [0.25, 0.3) is 12.2 Å². The van der Waals surface area contributed by atoms with Gasteiger partial charge in [0.25, 0.3) is 0 Å². The Balaban J connectivity index is -0.0000000749. The van der Waals surface area contributed by atoms with Gasteiger partial charge in [0.05, 0.1) is 0 Å². The highest BCUT2D eigenvalue weighted by Gasteiger charge is 1.76. The molecule has 0 radical (unpaired) electrons. The number of hydrogen-bond donors (Lipinski definition) is 2. The maximum Gasteiger partial charge on any atom is 0.0195 e. The first-order valence-electron chi connectivity index (χ1n) is 7.30. The van der Waals surface area contributed by atoms with E-state index in [4.69, 9.17) is 17.3 Å². The lowest BCUT2D eigenvalue weighted by Gasteiger charge is -1.85. The van der Waals surface area contributed by atoms with Gasteiger partial charge in [-0.1, -0.05) is 115 Å². The van der Waals surface area contributed by atoms with Gasteiger partial charge in [-0.05, 0) is 17.7 Å². The molecule has 0 spiro atoms. The Labute approximate surface area is 162 Å². The van der Waals surface area contributed by atoms with Crippen LogP contribution in [0.3, 0.4) is 0 Å². The monoisotopic (exact) mass is 366 g/mol. The summed E-state index contributed by atoms with van der Waals surface area (Å²) in [5.41, 5.74) is 7.19. The van der Waals surface area contributed by atoms with Crippen molar-refractivity contribution in [1.29, 1.82) is 0 Å². The molecule has 0 aliphatic carbocycles. The van der Waals surface area contributed by atoms with Crippen LogP contribution in [0.1, 0.15) is 39.8 Å². The van der Waals surface area contributed by atoms with Crippen LogP contribution >= 0.6 is 11.6 Å². The van der Waals surface area contributed by atoms with Crippen molar-refractivity contribution < 1.29 is 0 Å². The summed E-state index contributed by atoms with van der Waals surface area (Å²) in [6.45, 7) is 11.8. The van der Waals surface area contributed by atoms with Gasteiger partial charge in [0, 0.05) is 5.88 Å². The molecule has 144 valence electrons. The van der Waals surface area contributed by atoms with Crippen LogP contribution in [0.5, 0.6) is 0 Å². The van der Waals surface area contributed by atoms with E-state index >= 15 is 0 Å². The second kappa shape index (κ2) is 30.1. The second-order valence-electron chi connectivity index (χ2n) is 3.91. The van der Waals surface area contributed by atoms with Gasteiger partial charge in [-0.2, -0.15) is 0 Å². The SMILES string of the molecule is C.C.C=Cc1ccccc1.C=Cc1ccccc1.CCCl.CCN.N. The highest BCUT2D eigenvalue weighted by molar-refractivity contribution is 6.17. The maximum atomic E-state index is 5.00. The van der Waals surface area contributed by atoms with Crippen LogP contribution in [0, 0.1) is 0 Å². The van der Waals surface area contributed by atoms with Crippen molar-refractivity contribution >= 4 is 23.8 Å². The molecule has 0 bridgehead atoms. The largest absolute Gasteiger partial charge is 0.344 e. The van der Waals surface area contributed by atoms with E-state index in [1.807, 2.05) is 86.7 Å². The summed E-state index contributed by atoms with van der Waals surface area (Å²) < 4.78 is 0. The van der Waals surface area contributed by atoms with Crippen molar-refractivity contribution in [1.82, 2.24) is 6.15 Å². The molecule has 0 heterocycles. The Morgan fingerprint density at radius 3 is 1.12 bits per heavy atom. The molecule has 0 aliphatic rings. The highest BCUT2D eigenvalue weighted by Crippen LogP contribution is 1.98. The van der Waals surface area contributed by atoms with Gasteiger partial charge in [-0.25, -0.2) is 0 Å².